The van der Waals surface area contributed by atoms with Crippen LogP contribution in [0.2, 0.25) is 0 Å². The molecule has 2 rings (SSSR count). The third-order valence-corrected chi connectivity index (χ3v) is 3.72. The second-order valence-electron chi connectivity index (χ2n) is 5.77. The number of nitrogens with one attached hydrogen (secondary N) is 3. The highest BCUT2D eigenvalue weighted by atomic mass is 16.2. The van der Waals surface area contributed by atoms with Crippen LogP contribution in [0.1, 0.15) is 21.6 Å². The van der Waals surface area contributed by atoms with Crippen LogP contribution >= 0.6 is 0 Å². The lowest BCUT2D eigenvalue weighted by Crippen LogP contribution is -2.38. The molecule has 0 aliphatic rings. The number of hydrogen-bond acceptors (Lipinski definition) is 4. The molecule has 1 heterocycles. The van der Waals surface area contributed by atoms with E-state index in [1.165, 1.54) is 0 Å². The molecule has 0 bridgehead atoms. The van der Waals surface area contributed by atoms with Gasteiger partial charge in [-0.1, -0.05) is 18.2 Å². The van der Waals surface area contributed by atoms with Gasteiger partial charge in [0.1, 0.15) is 0 Å². The fourth-order valence-electron chi connectivity index (χ4n) is 2.30. The summed E-state index contributed by atoms with van der Waals surface area (Å²) in [5.74, 6) is -0.222. The monoisotopic (exact) mass is 368 g/mol. The molecule has 5 N–H and O–H groups in total. The molecule has 0 spiro atoms. The van der Waals surface area contributed by atoms with Gasteiger partial charge in [-0.3, -0.25) is 19.6 Å². The number of aliphatic imine (C=N–C) groups is 1. The Balaban J connectivity index is 1.77. The summed E-state index contributed by atoms with van der Waals surface area (Å²) in [6, 6.07) is 12.9. The minimum absolute atomic E-state index is 0.178. The van der Waals surface area contributed by atoms with E-state index >= 15 is 0 Å². The van der Waals surface area contributed by atoms with E-state index in [0.29, 0.717) is 18.1 Å². The first kappa shape index (κ1) is 19.9. The van der Waals surface area contributed by atoms with Gasteiger partial charge >= 0.3 is 0 Å². The number of primary amides is 1. The third-order valence-electron chi connectivity index (χ3n) is 3.72. The molecule has 142 valence electrons. The standard InChI is InChI=1S/C19H24N6O2/c1-21-19(23-11-9-16-4-2-3-10-22-16)25-12-14-5-7-15(8-6-14)18(27)24-13-17(20)26/h2-8,10H,9,11-13H2,1H3,(H2,20,26)(H,24,27)(H2,21,23,25). The highest BCUT2D eigenvalue weighted by molar-refractivity contribution is 5.96. The van der Waals surface area contributed by atoms with Crippen molar-refractivity contribution in [3.8, 4) is 0 Å². The zero-order chi connectivity index (χ0) is 19.5. The maximum absolute atomic E-state index is 11.8. The SMILES string of the molecule is CN=C(NCCc1ccccn1)NCc1ccc(C(=O)NCC(N)=O)cc1. The fraction of sp³-hybridized carbons (Fsp3) is 0.263. The van der Waals surface area contributed by atoms with Crippen molar-refractivity contribution < 1.29 is 9.59 Å². The van der Waals surface area contributed by atoms with Crippen molar-refractivity contribution in [1.29, 1.82) is 0 Å². The highest BCUT2D eigenvalue weighted by Gasteiger charge is 2.06. The summed E-state index contributed by atoms with van der Waals surface area (Å²) in [4.78, 5) is 31.0. The molecular weight excluding hydrogens is 344 g/mol. The summed E-state index contributed by atoms with van der Waals surface area (Å²) in [6.07, 6.45) is 2.58. The Kier molecular flexibility index (Phi) is 7.77. The normalized spacial score (nSPS) is 10.9. The molecule has 0 aliphatic carbocycles. The number of hydrogen-bond donors (Lipinski definition) is 4. The lowest BCUT2D eigenvalue weighted by molar-refractivity contribution is -0.117. The van der Waals surface area contributed by atoms with E-state index in [2.05, 4.69) is 25.9 Å². The molecule has 1 aromatic carbocycles. The molecular formula is C19H24N6O2. The van der Waals surface area contributed by atoms with E-state index in [1.807, 2.05) is 30.3 Å². The molecule has 0 atom stereocenters. The lowest BCUT2D eigenvalue weighted by atomic mass is 10.1. The number of rotatable bonds is 8. The summed E-state index contributed by atoms with van der Waals surface area (Å²) in [6.45, 7) is 1.10. The van der Waals surface area contributed by atoms with E-state index in [4.69, 9.17) is 5.73 Å². The topological polar surface area (TPSA) is 122 Å². The Hall–Kier alpha value is -3.42. The number of amides is 2. The molecule has 27 heavy (non-hydrogen) atoms. The summed E-state index contributed by atoms with van der Waals surface area (Å²) in [5, 5.41) is 8.90. The van der Waals surface area contributed by atoms with Crippen LogP contribution in [0.3, 0.4) is 0 Å². The average Bonchev–Trinajstić information content (AvgIpc) is 2.70. The Bertz CT molecular complexity index is 775. The largest absolute Gasteiger partial charge is 0.368 e. The predicted molar refractivity (Wildman–Crippen MR) is 104 cm³/mol. The molecule has 0 radical (unpaired) electrons. The van der Waals surface area contributed by atoms with E-state index < -0.39 is 5.91 Å². The third kappa shape index (κ3) is 7.15. The van der Waals surface area contributed by atoms with Crippen LogP contribution in [0.5, 0.6) is 0 Å². The molecule has 8 nitrogen and oxygen atoms in total. The van der Waals surface area contributed by atoms with Gasteiger partial charge in [0, 0.05) is 44.0 Å². The van der Waals surface area contributed by atoms with Gasteiger partial charge in [0.15, 0.2) is 5.96 Å². The van der Waals surface area contributed by atoms with Crippen molar-refractivity contribution in [2.24, 2.45) is 10.7 Å². The number of carbonyl (C=O) groups is 2. The number of aromatic nitrogens is 1. The molecule has 0 saturated heterocycles. The first-order chi connectivity index (χ1) is 13.1. The molecule has 1 aromatic heterocycles. The number of nitrogens with two attached hydrogens (primary N) is 1. The van der Waals surface area contributed by atoms with Gasteiger partial charge in [-0.25, -0.2) is 0 Å². The Morgan fingerprint density at radius 3 is 2.48 bits per heavy atom. The second kappa shape index (κ2) is 10.5. The first-order valence-corrected chi connectivity index (χ1v) is 8.58. The van der Waals surface area contributed by atoms with Gasteiger partial charge < -0.3 is 21.7 Å². The Morgan fingerprint density at radius 1 is 1.07 bits per heavy atom. The maximum Gasteiger partial charge on any atom is 0.251 e. The zero-order valence-corrected chi connectivity index (χ0v) is 15.2. The summed E-state index contributed by atoms with van der Waals surface area (Å²) >= 11 is 0. The van der Waals surface area contributed by atoms with E-state index in [-0.39, 0.29) is 12.5 Å². The average molecular weight is 368 g/mol. The van der Waals surface area contributed by atoms with E-state index in [1.54, 1.807) is 25.4 Å². The van der Waals surface area contributed by atoms with Crippen LogP contribution in [0.15, 0.2) is 53.7 Å². The van der Waals surface area contributed by atoms with Crippen LogP contribution in [-0.2, 0) is 17.8 Å². The number of pyridine rings is 1. The summed E-state index contributed by atoms with van der Waals surface area (Å²) in [7, 11) is 1.71. The second-order valence-corrected chi connectivity index (χ2v) is 5.77. The van der Waals surface area contributed by atoms with Crippen molar-refractivity contribution >= 4 is 17.8 Å². The maximum atomic E-state index is 11.8. The number of benzene rings is 1. The van der Waals surface area contributed by atoms with E-state index in [0.717, 1.165) is 24.2 Å². The van der Waals surface area contributed by atoms with Crippen LogP contribution in [0.4, 0.5) is 0 Å². The molecule has 8 heteroatoms. The number of guanidine groups is 1. The lowest BCUT2D eigenvalue weighted by Gasteiger charge is -2.12. The van der Waals surface area contributed by atoms with Crippen molar-refractivity contribution in [3.63, 3.8) is 0 Å². The predicted octanol–water partition coefficient (Wildman–Crippen LogP) is 0.204. The van der Waals surface area contributed by atoms with Gasteiger partial charge in [0.25, 0.3) is 5.91 Å². The molecule has 0 unspecified atom stereocenters. The van der Waals surface area contributed by atoms with Crippen LogP contribution in [0, 0.1) is 0 Å². The van der Waals surface area contributed by atoms with Gasteiger partial charge in [0.2, 0.25) is 5.91 Å². The van der Waals surface area contributed by atoms with Gasteiger partial charge in [-0.2, -0.15) is 0 Å². The van der Waals surface area contributed by atoms with Crippen molar-refractivity contribution in [2.45, 2.75) is 13.0 Å². The van der Waals surface area contributed by atoms with Crippen molar-refractivity contribution in [3.05, 3.63) is 65.5 Å². The van der Waals surface area contributed by atoms with Crippen LogP contribution < -0.4 is 21.7 Å². The molecule has 2 amide bonds. The highest BCUT2D eigenvalue weighted by Crippen LogP contribution is 2.04. The van der Waals surface area contributed by atoms with Gasteiger partial charge in [-0.05, 0) is 29.8 Å². The quantitative estimate of drug-likeness (QED) is 0.392. The molecule has 0 fully saturated rings. The summed E-state index contributed by atoms with van der Waals surface area (Å²) < 4.78 is 0. The fourth-order valence-corrected chi connectivity index (χ4v) is 2.30. The van der Waals surface area contributed by atoms with Crippen LogP contribution in [0.25, 0.3) is 0 Å². The molecule has 2 aromatic rings. The first-order valence-electron chi connectivity index (χ1n) is 8.58. The number of nitrogens with zero attached hydrogens (tertiary/aromatic N) is 2. The van der Waals surface area contributed by atoms with E-state index in [9.17, 15) is 9.59 Å². The van der Waals surface area contributed by atoms with Crippen molar-refractivity contribution in [2.75, 3.05) is 20.1 Å². The minimum Gasteiger partial charge on any atom is -0.368 e. The van der Waals surface area contributed by atoms with Crippen LogP contribution in [-0.4, -0.2) is 42.9 Å². The Labute approximate surface area is 158 Å². The van der Waals surface area contributed by atoms with Gasteiger partial charge in [-0.15, -0.1) is 0 Å². The van der Waals surface area contributed by atoms with Gasteiger partial charge in [0.05, 0.1) is 6.54 Å². The van der Waals surface area contributed by atoms with Crippen molar-refractivity contribution in [1.82, 2.24) is 20.9 Å². The molecule has 0 aliphatic heterocycles. The Morgan fingerprint density at radius 2 is 1.85 bits per heavy atom. The molecule has 0 saturated carbocycles. The smallest absolute Gasteiger partial charge is 0.251 e. The summed E-state index contributed by atoms with van der Waals surface area (Å²) in [5.41, 5.74) is 7.49. The minimum atomic E-state index is -0.578. The zero-order valence-electron chi connectivity index (χ0n) is 15.2. The number of carbonyl (C=O) groups excluding carboxylic acids is 2.